The molecular formula is C22H19F3N2O3S2. The first kappa shape index (κ1) is 23.8. The van der Waals surface area contributed by atoms with Gasteiger partial charge in [0, 0.05) is 18.7 Å². The fraction of sp³-hybridized carbons (Fsp3) is 0.227. The van der Waals surface area contributed by atoms with Gasteiger partial charge in [-0.05, 0) is 48.9 Å². The zero-order valence-electron chi connectivity index (χ0n) is 16.9. The third-order valence-corrected chi connectivity index (χ3v) is 5.78. The molecule has 2 aromatic rings. The number of hydrogen-bond donors (Lipinski definition) is 1. The fourth-order valence-corrected chi connectivity index (χ4v) is 4.19. The number of thioether (sulfide) groups is 1. The maximum Gasteiger partial charge on any atom is 0.416 e. The van der Waals surface area contributed by atoms with Crippen LogP contribution in [0.3, 0.4) is 0 Å². The number of nitrogens with zero attached hydrogens (tertiary/aromatic N) is 1. The summed E-state index contributed by atoms with van der Waals surface area (Å²) in [4.78, 5) is 26.6. The van der Waals surface area contributed by atoms with Crippen LogP contribution < -0.4 is 10.1 Å². The summed E-state index contributed by atoms with van der Waals surface area (Å²) < 4.78 is 44.1. The number of carbonyl (C=O) groups excluding carboxylic acids is 2. The smallest absolute Gasteiger partial charge is 0.416 e. The summed E-state index contributed by atoms with van der Waals surface area (Å²) in [5.74, 6) is -0.112. The van der Waals surface area contributed by atoms with E-state index in [2.05, 4.69) is 5.32 Å². The lowest BCUT2D eigenvalue weighted by molar-refractivity contribution is -0.137. The molecule has 168 valence electrons. The van der Waals surface area contributed by atoms with Gasteiger partial charge in [0.1, 0.15) is 10.1 Å². The SMILES string of the molecule is CCOc1ccc(C=C2SC(=S)N(CCC(=O)Nc3cccc(C(F)(F)F)c3)C2=O)cc1. The molecule has 0 atom stereocenters. The molecule has 2 amide bonds. The summed E-state index contributed by atoms with van der Waals surface area (Å²) in [6.45, 7) is 2.47. The van der Waals surface area contributed by atoms with E-state index in [9.17, 15) is 22.8 Å². The number of benzene rings is 2. The number of amides is 2. The number of alkyl halides is 3. The van der Waals surface area contributed by atoms with Crippen LogP contribution in [-0.4, -0.2) is 34.2 Å². The summed E-state index contributed by atoms with van der Waals surface area (Å²) in [5.41, 5.74) is -0.0199. The van der Waals surface area contributed by atoms with Crippen molar-refractivity contribution in [3.8, 4) is 5.75 Å². The molecular weight excluding hydrogens is 461 g/mol. The molecule has 0 spiro atoms. The predicted molar refractivity (Wildman–Crippen MR) is 122 cm³/mol. The second-order valence-corrected chi connectivity index (χ2v) is 8.39. The van der Waals surface area contributed by atoms with E-state index in [4.69, 9.17) is 17.0 Å². The van der Waals surface area contributed by atoms with Crippen molar-refractivity contribution in [3.63, 3.8) is 0 Å². The van der Waals surface area contributed by atoms with Gasteiger partial charge in [-0.3, -0.25) is 14.5 Å². The van der Waals surface area contributed by atoms with E-state index in [-0.39, 0.29) is 24.6 Å². The van der Waals surface area contributed by atoms with Crippen LogP contribution in [0.15, 0.2) is 53.4 Å². The second kappa shape index (κ2) is 10.2. The number of halogens is 3. The average Bonchev–Trinajstić information content (AvgIpc) is 3.00. The molecule has 1 aliphatic heterocycles. The van der Waals surface area contributed by atoms with Gasteiger partial charge in [-0.2, -0.15) is 13.2 Å². The molecule has 10 heteroatoms. The van der Waals surface area contributed by atoms with Crippen molar-refractivity contribution in [2.45, 2.75) is 19.5 Å². The van der Waals surface area contributed by atoms with Crippen LogP contribution in [0.4, 0.5) is 18.9 Å². The van der Waals surface area contributed by atoms with Crippen molar-refractivity contribution < 1.29 is 27.5 Å². The predicted octanol–water partition coefficient (Wildman–Crippen LogP) is 5.33. The molecule has 5 nitrogen and oxygen atoms in total. The molecule has 0 aliphatic carbocycles. The highest BCUT2D eigenvalue weighted by Crippen LogP contribution is 2.33. The number of ether oxygens (including phenoxy) is 1. The van der Waals surface area contributed by atoms with Gasteiger partial charge in [0.25, 0.3) is 5.91 Å². The number of carbonyl (C=O) groups is 2. The molecule has 1 heterocycles. The molecule has 0 unspecified atom stereocenters. The van der Waals surface area contributed by atoms with E-state index < -0.39 is 17.6 Å². The maximum atomic E-state index is 12.8. The minimum Gasteiger partial charge on any atom is -0.494 e. The summed E-state index contributed by atoms with van der Waals surface area (Å²) in [6, 6.07) is 11.6. The molecule has 32 heavy (non-hydrogen) atoms. The second-order valence-electron chi connectivity index (χ2n) is 6.71. The van der Waals surface area contributed by atoms with E-state index in [1.54, 1.807) is 18.2 Å². The Bertz CT molecular complexity index is 1050. The van der Waals surface area contributed by atoms with Gasteiger partial charge in [-0.25, -0.2) is 0 Å². The van der Waals surface area contributed by atoms with Crippen molar-refractivity contribution in [1.82, 2.24) is 4.90 Å². The minimum absolute atomic E-state index is 0.0239. The van der Waals surface area contributed by atoms with Crippen LogP contribution in [0, 0.1) is 0 Å². The van der Waals surface area contributed by atoms with Gasteiger partial charge in [-0.15, -0.1) is 0 Å². The van der Waals surface area contributed by atoms with Crippen LogP contribution in [-0.2, 0) is 15.8 Å². The zero-order chi connectivity index (χ0) is 23.3. The Morgan fingerprint density at radius 3 is 2.59 bits per heavy atom. The van der Waals surface area contributed by atoms with E-state index >= 15 is 0 Å². The molecule has 2 aromatic carbocycles. The molecule has 0 aromatic heterocycles. The third kappa shape index (κ3) is 6.10. The minimum atomic E-state index is -4.50. The van der Waals surface area contributed by atoms with Crippen molar-refractivity contribution in [3.05, 3.63) is 64.6 Å². The van der Waals surface area contributed by atoms with Gasteiger partial charge in [0.15, 0.2) is 0 Å². The third-order valence-electron chi connectivity index (χ3n) is 4.40. The van der Waals surface area contributed by atoms with Crippen LogP contribution in [0.25, 0.3) is 6.08 Å². The van der Waals surface area contributed by atoms with E-state index in [0.717, 1.165) is 35.2 Å². The summed E-state index contributed by atoms with van der Waals surface area (Å²) in [7, 11) is 0. The van der Waals surface area contributed by atoms with E-state index in [1.807, 2.05) is 19.1 Å². The lowest BCUT2D eigenvalue weighted by Crippen LogP contribution is -2.31. The quantitative estimate of drug-likeness (QED) is 0.429. The standard InChI is InChI=1S/C22H19F3N2O3S2/c1-2-30-17-8-6-14(7-9-17)12-18-20(29)27(21(31)32-18)11-10-19(28)26-16-5-3-4-15(13-16)22(23,24)25/h3-9,12-13H,2,10-11H2,1H3,(H,26,28). The summed E-state index contributed by atoms with van der Waals surface area (Å²) in [6.07, 6.45) is -2.91. The Labute approximate surface area is 192 Å². The van der Waals surface area contributed by atoms with Crippen molar-refractivity contribution in [1.29, 1.82) is 0 Å². The zero-order valence-corrected chi connectivity index (χ0v) is 18.6. The Kier molecular flexibility index (Phi) is 7.57. The van der Waals surface area contributed by atoms with Gasteiger partial charge in [0.05, 0.1) is 17.1 Å². The highest BCUT2D eigenvalue weighted by atomic mass is 32.2. The molecule has 3 rings (SSSR count). The normalized spacial score (nSPS) is 15.4. The molecule has 1 aliphatic rings. The molecule has 1 N–H and O–H groups in total. The lowest BCUT2D eigenvalue weighted by Gasteiger charge is -2.14. The van der Waals surface area contributed by atoms with Gasteiger partial charge in [0.2, 0.25) is 5.91 Å². The van der Waals surface area contributed by atoms with Crippen molar-refractivity contribution in [2.75, 3.05) is 18.5 Å². The monoisotopic (exact) mass is 480 g/mol. The first-order chi connectivity index (χ1) is 15.2. The summed E-state index contributed by atoms with van der Waals surface area (Å²) in [5, 5.41) is 2.42. The largest absolute Gasteiger partial charge is 0.494 e. The number of rotatable bonds is 7. The van der Waals surface area contributed by atoms with E-state index in [1.165, 1.54) is 17.0 Å². The molecule has 1 saturated heterocycles. The Morgan fingerprint density at radius 2 is 1.94 bits per heavy atom. The highest BCUT2D eigenvalue weighted by molar-refractivity contribution is 8.26. The molecule has 0 radical (unpaired) electrons. The van der Waals surface area contributed by atoms with Crippen LogP contribution in [0.5, 0.6) is 5.75 Å². The first-order valence-electron chi connectivity index (χ1n) is 9.62. The van der Waals surface area contributed by atoms with Crippen molar-refractivity contribution >= 4 is 51.9 Å². The van der Waals surface area contributed by atoms with Gasteiger partial charge < -0.3 is 10.1 Å². The van der Waals surface area contributed by atoms with Gasteiger partial charge >= 0.3 is 6.18 Å². The van der Waals surface area contributed by atoms with Crippen LogP contribution >= 0.6 is 24.0 Å². The van der Waals surface area contributed by atoms with Crippen molar-refractivity contribution in [2.24, 2.45) is 0 Å². The Balaban J connectivity index is 1.59. The van der Waals surface area contributed by atoms with Crippen LogP contribution in [0.1, 0.15) is 24.5 Å². The average molecular weight is 481 g/mol. The topological polar surface area (TPSA) is 58.6 Å². The molecule has 0 bridgehead atoms. The maximum absolute atomic E-state index is 12.8. The summed E-state index contributed by atoms with van der Waals surface area (Å²) >= 11 is 6.39. The Morgan fingerprint density at radius 1 is 1.22 bits per heavy atom. The number of hydrogen-bond acceptors (Lipinski definition) is 5. The Hall–Kier alpha value is -2.85. The van der Waals surface area contributed by atoms with E-state index in [0.29, 0.717) is 15.8 Å². The molecule has 0 saturated carbocycles. The number of thiocarbonyl (C=S) groups is 1. The lowest BCUT2D eigenvalue weighted by atomic mass is 10.2. The number of anilines is 1. The van der Waals surface area contributed by atoms with Gasteiger partial charge in [-0.1, -0.05) is 42.2 Å². The fourth-order valence-electron chi connectivity index (χ4n) is 2.88. The number of nitrogens with one attached hydrogen (secondary N) is 1. The highest BCUT2D eigenvalue weighted by Gasteiger charge is 2.32. The first-order valence-corrected chi connectivity index (χ1v) is 10.8. The van der Waals surface area contributed by atoms with Crippen LogP contribution in [0.2, 0.25) is 0 Å². The molecule has 1 fully saturated rings.